The first-order valence-corrected chi connectivity index (χ1v) is 7.53. The van der Waals surface area contributed by atoms with Crippen molar-refractivity contribution in [2.24, 2.45) is 0 Å². The van der Waals surface area contributed by atoms with E-state index in [1.54, 1.807) is 0 Å². The topological polar surface area (TPSA) is 77.2 Å². The fourth-order valence-corrected chi connectivity index (χ4v) is 2.89. The van der Waals surface area contributed by atoms with Crippen LogP contribution in [0.15, 0.2) is 5.16 Å². The summed E-state index contributed by atoms with van der Waals surface area (Å²) in [4.78, 5) is 10.6. The van der Waals surface area contributed by atoms with Gasteiger partial charge in [0.05, 0.1) is 11.9 Å². The van der Waals surface area contributed by atoms with Crippen molar-refractivity contribution in [2.75, 3.05) is 5.75 Å². The minimum Gasteiger partial charge on any atom is -0.481 e. The molecule has 0 aromatic carbocycles. The first kappa shape index (κ1) is 14.3. The van der Waals surface area contributed by atoms with Crippen molar-refractivity contribution in [3.05, 3.63) is 5.82 Å². The third kappa shape index (κ3) is 3.48. The highest BCUT2D eigenvalue weighted by atomic mass is 32.2. The zero-order chi connectivity index (χ0) is 13.8. The summed E-state index contributed by atoms with van der Waals surface area (Å²) in [6.07, 6.45) is 3.18. The predicted octanol–water partition coefficient (Wildman–Crippen LogP) is 2.10. The number of hydrogen-bond donors (Lipinski definition) is 1. The molecule has 1 fully saturated rings. The first-order valence-electron chi connectivity index (χ1n) is 6.55. The quantitative estimate of drug-likeness (QED) is 0.807. The third-order valence-corrected chi connectivity index (χ3v) is 3.99. The van der Waals surface area contributed by atoms with Gasteiger partial charge in [-0.25, -0.2) is 0 Å². The molecule has 1 aromatic heterocycles. The molecule has 1 aliphatic heterocycles. The van der Waals surface area contributed by atoms with Gasteiger partial charge in [0.15, 0.2) is 11.0 Å². The van der Waals surface area contributed by atoms with Crippen LogP contribution in [-0.2, 0) is 16.1 Å². The molecule has 6 nitrogen and oxygen atoms in total. The van der Waals surface area contributed by atoms with E-state index in [4.69, 9.17) is 9.84 Å². The Morgan fingerprint density at radius 3 is 2.89 bits per heavy atom. The van der Waals surface area contributed by atoms with Crippen LogP contribution in [0.4, 0.5) is 0 Å². The summed E-state index contributed by atoms with van der Waals surface area (Å²) in [5, 5.41) is 17.7. The monoisotopic (exact) mass is 285 g/mol. The Morgan fingerprint density at radius 1 is 1.53 bits per heavy atom. The third-order valence-electron chi connectivity index (χ3n) is 3.04. The van der Waals surface area contributed by atoms with Crippen molar-refractivity contribution in [1.29, 1.82) is 0 Å². The summed E-state index contributed by atoms with van der Waals surface area (Å²) in [6.45, 7) is 4.92. The van der Waals surface area contributed by atoms with Crippen LogP contribution in [0.2, 0.25) is 0 Å². The van der Waals surface area contributed by atoms with Gasteiger partial charge in [-0.05, 0) is 26.2 Å². The van der Waals surface area contributed by atoms with Crippen LogP contribution >= 0.6 is 11.8 Å². The zero-order valence-electron chi connectivity index (χ0n) is 11.2. The summed E-state index contributed by atoms with van der Waals surface area (Å²) in [5.41, 5.74) is 0. The number of thioether (sulfide) groups is 1. The number of carboxylic acid groups (broad SMARTS) is 1. The van der Waals surface area contributed by atoms with Gasteiger partial charge in [-0.1, -0.05) is 18.7 Å². The van der Waals surface area contributed by atoms with E-state index in [0.717, 1.165) is 31.6 Å². The van der Waals surface area contributed by atoms with Gasteiger partial charge in [-0.15, -0.1) is 10.2 Å². The van der Waals surface area contributed by atoms with Crippen LogP contribution in [-0.4, -0.2) is 37.7 Å². The molecule has 1 aromatic rings. The van der Waals surface area contributed by atoms with Crippen LogP contribution in [0.25, 0.3) is 0 Å². The maximum absolute atomic E-state index is 10.6. The average molecular weight is 285 g/mol. The van der Waals surface area contributed by atoms with E-state index in [9.17, 15) is 4.79 Å². The molecule has 0 radical (unpaired) electrons. The fraction of sp³-hybridized carbons (Fsp3) is 0.750. The van der Waals surface area contributed by atoms with E-state index in [1.807, 2.05) is 4.57 Å². The number of aliphatic carboxylic acids is 1. The second-order valence-electron chi connectivity index (χ2n) is 4.69. The van der Waals surface area contributed by atoms with Crippen LogP contribution in [0, 0.1) is 0 Å². The van der Waals surface area contributed by atoms with E-state index in [0.29, 0.717) is 5.16 Å². The lowest BCUT2D eigenvalue weighted by Gasteiger charge is -2.13. The number of hydrogen-bond acceptors (Lipinski definition) is 5. The summed E-state index contributed by atoms with van der Waals surface area (Å²) in [5.74, 6) is -0.00790. The predicted molar refractivity (Wildman–Crippen MR) is 71.2 cm³/mol. The number of carbonyl (C=O) groups is 1. The number of nitrogens with zero attached hydrogens (tertiary/aromatic N) is 3. The Bertz CT molecular complexity index is 449. The number of aromatic nitrogens is 3. The molecule has 0 aliphatic carbocycles. The molecule has 0 saturated carbocycles. The highest BCUT2D eigenvalue weighted by Crippen LogP contribution is 2.33. The molecule has 19 heavy (non-hydrogen) atoms. The van der Waals surface area contributed by atoms with Crippen LogP contribution in [0.3, 0.4) is 0 Å². The number of rotatable bonds is 6. The highest BCUT2D eigenvalue weighted by Gasteiger charge is 2.28. The molecule has 2 heterocycles. The van der Waals surface area contributed by atoms with Gasteiger partial charge in [-0.3, -0.25) is 4.79 Å². The minimum atomic E-state index is -0.844. The van der Waals surface area contributed by atoms with Crippen LogP contribution < -0.4 is 0 Å². The molecule has 2 atom stereocenters. The largest absolute Gasteiger partial charge is 0.481 e. The molecule has 0 spiro atoms. The lowest BCUT2D eigenvalue weighted by atomic mass is 10.2. The standard InChI is InChI=1S/C12H19N3O3S/c1-3-6-15-11(9-5-4-8(2)18-9)13-14-12(15)19-7-10(16)17/h8-9H,3-7H2,1-2H3,(H,16,17). The Morgan fingerprint density at radius 2 is 2.32 bits per heavy atom. The van der Waals surface area contributed by atoms with E-state index >= 15 is 0 Å². The van der Waals surface area contributed by atoms with Gasteiger partial charge in [0, 0.05) is 6.54 Å². The van der Waals surface area contributed by atoms with Gasteiger partial charge in [0.2, 0.25) is 0 Å². The molecule has 2 unspecified atom stereocenters. The highest BCUT2D eigenvalue weighted by molar-refractivity contribution is 7.99. The Balaban J connectivity index is 2.16. The van der Waals surface area contributed by atoms with Crippen molar-refractivity contribution in [3.63, 3.8) is 0 Å². The van der Waals surface area contributed by atoms with Crippen molar-refractivity contribution in [1.82, 2.24) is 14.8 Å². The molecular weight excluding hydrogens is 266 g/mol. The summed E-state index contributed by atoms with van der Waals surface area (Å²) in [7, 11) is 0. The SMILES string of the molecule is CCCn1c(SCC(=O)O)nnc1C1CCC(C)O1. The fourth-order valence-electron chi connectivity index (χ4n) is 2.20. The molecule has 106 valence electrons. The van der Waals surface area contributed by atoms with Crippen molar-refractivity contribution in [2.45, 2.75) is 57.0 Å². The van der Waals surface area contributed by atoms with E-state index in [1.165, 1.54) is 11.8 Å². The van der Waals surface area contributed by atoms with Crippen molar-refractivity contribution >= 4 is 17.7 Å². The summed E-state index contributed by atoms with van der Waals surface area (Å²) >= 11 is 1.21. The van der Waals surface area contributed by atoms with Gasteiger partial charge in [0.1, 0.15) is 6.10 Å². The summed E-state index contributed by atoms with van der Waals surface area (Å²) in [6, 6.07) is 0. The Kier molecular flexibility index (Phi) is 4.81. The van der Waals surface area contributed by atoms with Gasteiger partial charge < -0.3 is 14.4 Å². The van der Waals surface area contributed by atoms with Gasteiger partial charge >= 0.3 is 5.97 Å². The maximum Gasteiger partial charge on any atom is 0.313 e. The maximum atomic E-state index is 10.6. The number of ether oxygens (including phenoxy) is 1. The first-order chi connectivity index (χ1) is 9.11. The molecule has 1 saturated heterocycles. The summed E-state index contributed by atoms with van der Waals surface area (Å²) < 4.78 is 7.82. The van der Waals surface area contributed by atoms with Gasteiger partial charge in [0.25, 0.3) is 0 Å². The van der Waals surface area contributed by atoms with E-state index in [2.05, 4.69) is 24.0 Å². The molecule has 0 bridgehead atoms. The van der Waals surface area contributed by atoms with Crippen molar-refractivity contribution in [3.8, 4) is 0 Å². The smallest absolute Gasteiger partial charge is 0.313 e. The second kappa shape index (κ2) is 6.38. The van der Waals surface area contributed by atoms with Crippen molar-refractivity contribution < 1.29 is 14.6 Å². The normalized spacial score (nSPS) is 22.8. The van der Waals surface area contributed by atoms with Crippen LogP contribution in [0.1, 0.15) is 45.0 Å². The molecular formula is C12H19N3O3S. The average Bonchev–Trinajstić information content (AvgIpc) is 2.94. The molecule has 2 rings (SSSR count). The molecule has 1 N–H and O–H groups in total. The van der Waals surface area contributed by atoms with Crippen LogP contribution in [0.5, 0.6) is 0 Å². The van der Waals surface area contributed by atoms with Gasteiger partial charge in [-0.2, -0.15) is 0 Å². The lowest BCUT2D eigenvalue weighted by Crippen LogP contribution is -2.11. The second-order valence-corrected chi connectivity index (χ2v) is 5.63. The zero-order valence-corrected chi connectivity index (χ0v) is 12.0. The Hall–Kier alpha value is -1.08. The lowest BCUT2D eigenvalue weighted by molar-refractivity contribution is -0.133. The molecule has 1 aliphatic rings. The Labute approximate surface area is 116 Å². The minimum absolute atomic E-state index is 0.00374. The van der Waals surface area contributed by atoms with E-state index in [-0.39, 0.29) is 18.0 Å². The van der Waals surface area contributed by atoms with E-state index < -0.39 is 5.97 Å². The number of carboxylic acids is 1. The molecule has 0 amide bonds. The molecule has 7 heteroatoms.